The van der Waals surface area contributed by atoms with Gasteiger partial charge in [-0.05, 0) is 24.6 Å². The first kappa shape index (κ1) is 16.5. The summed E-state index contributed by atoms with van der Waals surface area (Å²) in [5, 5.41) is 12.1. The second-order valence-corrected chi connectivity index (χ2v) is 6.03. The zero-order valence-electron chi connectivity index (χ0n) is 12.9. The summed E-state index contributed by atoms with van der Waals surface area (Å²) >= 11 is 11.9. The van der Waals surface area contributed by atoms with E-state index in [0.717, 1.165) is 5.56 Å². The van der Waals surface area contributed by atoms with Gasteiger partial charge in [0.25, 0.3) is 5.91 Å². The lowest BCUT2D eigenvalue weighted by Crippen LogP contribution is -2.13. The van der Waals surface area contributed by atoms with Gasteiger partial charge in [-0.25, -0.2) is 0 Å². The van der Waals surface area contributed by atoms with E-state index >= 15 is 0 Å². The van der Waals surface area contributed by atoms with Gasteiger partial charge in [-0.2, -0.15) is 10.2 Å². The molecule has 3 rings (SSSR count). The van der Waals surface area contributed by atoms with Crippen molar-refractivity contribution in [3.8, 4) is 0 Å². The van der Waals surface area contributed by atoms with Crippen molar-refractivity contribution in [2.24, 2.45) is 0 Å². The van der Waals surface area contributed by atoms with E-state index in [4.69, 9.17) is 23.2 Å². The number of hydrogen-bond acceptors (Lipinski definition) is 3. The number of halogens is 2. The predicted octanol–water partition coefficient (Wildman–Crippen LogP) is 3.71. The van der Waals surface area contributed by atoms with Gasteiger partial charge in [-0.1, -0.05) is 35.3 Å². The van der Waals surface area contributed by atoms with Gasteiger partial charge >= 0.3 is 0 Å². The van der Waals surface area contributed by atoms with Crippen LogP contribution >= 0.6 is 23.2 Å². The topological polar surface area (TPSA) is 64.7 Å². The lowest BCUT2D eigenvalue weighted by molar-refractivity contribution is 0.102. The second kappa shape index (κ2) is 7.07. The molecule has 0 aliphatic carbocycles. The molecule has 0 fully saturated rings. The molecule has 1 amide bonds. The Morgan fingerprint density at radius 1 is 1.17 bits per heavy atom. The maximum Gasteiger partial charge on any atom is 0.277 e. The van der Waals surface area contributed by atoms with Gasteiger partial charge in [0.2, 0.25) is 0 Å². The van der Waals surface area contributed by atoms with Gasteiger partial charge in [0.15, 0.2) is 5.69 Å². The second-order valence-electron chi connectivity index (χ2n) is 5.19. The third-order valence-corrected chi connectivity index (χ3v) is 3.93. The first-order valence-corrected chi connectivity index (χ1v) is 8.12. The summed E-state index contributed by atoms with van der Waals surface area (Å²) in [6, 6.07) is 7.52. The average Bonchev–Trinajstić information content (AvgIpc) is 3.16. The quantitative estimate of drug-likeness (QED) is 0.751. The number of aromatic nitrogens is 4. The molecule has 124 valence electrons. The number of nitrogens with one attached hydrogen (secondary N) is 1. The van der Waals surface area contributed by atoms with Crippen LogP contribution < -0.4 is 5.32 Å². The summed E-state index contributed by atoms with van der Waals surface area (Å²) < 4.78 is 3.34. The normalized spacial score (nSPS) is 10.8. The number of benzene rings is 1. The number of carbonyl (C=O) groups is 1. The van der Waals surface area contributed by atoms with Crippen molar-refractivity contribution in [3.63, 3.8) is 0 Å². The predicted molar refractivity (Wildman–Crippen MR) is 93.6 cm³/mol. The Hall–Kier alpha value is -2.31. The summed E-state index contributed by atoms with van der Waals surface area (Å²) in [5.74, 6) is -0.363. The van der Waals surface area contributed by atoms with Crippen LogP contribution in [0.15, 0.2) is 42.9 Å². The molecule has 2 aromatic heterocycles. The van der Waals surface area contributed by atoms with Crippen LogP contribution in [-0.4, -0.2) is 25.5 Å². The van der Waals surface area contributed by atoms with Crippen molar-refractivity contribution < 1.29 is 4.79 Å². The smallest absolute Gasteiger partial charge is 0.277 e. The molecule has 24 heavy (non-hydrogen) atoms. The van der Waals surface area contributed by atoms with Crippen molar-refractivity contribution in [2.75, 3.05) is 5.32 Å². The first-order valence-electron chi connectivity index (χ1n) is 7.36. The van der Waals surface area contributed by atoms with E-state index in [1.807, 2.05) is 31.2 Å². The summed E-state index contributed by atoms with van der Waals surface area (Å²) in [6.07, 6.45) is 4.95. The van der Waals surface area contributed by atoms with Gasteiger partial charge < -0.3 is 5.32 Å². The minimum absolute atomic E-state index is 0.198. The fourth-order valence-corrected chi connectivity index (χ4v) is 2.56. The number of amides is 1. The van der Waals surface area contributed by atoms with Gasteiger partial charge in [0, 0.05) is 24.0 Å². The molecule has 6 nitrogen and oxygen atoms in total. The van der Waals surface area contributed by atoms with E-state index in [2.05, 4.69) is 15.5 Å². The molecule has 1 aromatic carbocycles. The van der Waals surface area contributed by atoms with Crippen LogP contribution in [0.25, 0.3) is 0 Å². The van der Waals surface area contributed by atoms with Crippen LogP contribution in [0.1, 0.15) is 23.0 Å². The van der Waals surface area contributed by atoms with E-state index in [1.54, 1.807) is 28.0 Å². The van der Waals surface area contributed by atoms with Crippen molar-refractivity contribution in [3.05, 3.63) is 64.2 Å². The van der Waals surface area contributed by atoms with Crippen LogP contribution in [0, 0.1) is 0 Å². The van der Waals surface area contributed by atoms with E-state index in [1.165, 1.54) is 0 Å². The molecule has 3 aromatic rings. The van der Waals surface area contributed by atoms with Gasteiger partial charge in [0.05, 0.1) is 23.5 Å². The van der Waals surface area contributed by atoms with Gasteiger partial charge in [-0.15, -0.1) is 0 Å². The number of rotatable bonds is 5. The molecule has 0 aliphatic heterocycles. The molecule has 2 heterocycles. The maximum absolute atomic E-state index is 12.2. The zero-order valence-corrected chi connectivity index (χ0v) is 14.4. The van der Waals surface area contributed by atoms with Crippen LogP contribution in [0.5, 0.6) is 0 Å². The Bertz CT molecular complexity index is 854. The van der Waals surface area contributed by atoms with Crippen LogP contribution in [0.4, 0.5) is 5.69 Å². The fraction of sp³-hybridized carbons (Fsp3) is 0.188. The van der Waals surface area contributed by atoms with E-state index < -0.39 is 0 Å². The van der Waals surface area contributed by atoms with E-state index in [0.29, 0.717) is 28.8 Å². The number of nitrogens with zero attached hydrogens (tertiary/aromatic N) is 4. The zero-order chi connectivity index (χ0) is 17.1. The summed E-state index contributed by atoms with van der Waals surface area (Å²) in [5.41, 5.74) is 1.84. The Balaban J connectivity index is 1.68. The maximum atomic E-state index is 12.2. The number of anilines is 1. The largest absolute Gasteiger partial charge is 0.318 e. The SMILES string of the molecule is CCn1cc(Cl)c(C(=O)Nc2cnn(Cc3ccc(Cl)cc3)c2)n1. The molecule has 0 radical (unpaired) electrons. The van der Waals surface area contributed by atoms with Crippen molar-refractivity contribution >= 4 is 34.8 Å². The molecule has 0 saturated heterocycles. The van der Waals surface area contributed by atoms with Gasteiger partial charge in [0.1, 0.15) is 0 Å². The van der Waals surface area contributed by atoms with E-state index in [-0.39, 0.29) is 11.6 Å². The molecular weight excluding hydrogens is 349 g/mol. The molecule has 8 heteroatoms. The molecule has 0 atom stereocenters. The molecule has 0 bridgehead atoms. The highest BCUT2D eigenvalue weighted by Crippen LogP contribution is 2.17. The molecular formula is C16H15Cl2N5O. The average molecular weight is 364 g/mol. The van der Waals surface area contributed by atoms with Crippen LogP contribution in [0.2, 0.25) is 10.0 Å². The Labute approximate surface area is 149 Å². The highest BCUT2D eigenvalue weighted by molar-refractivity contribution is 6.34. The molecule has 0 spiro atoms. The van der Waals surface area contributed by atoms with Crippen molar-refractivity contribution in [2.45, 2.75) is 20.0 Å². The van der Waals surface area contributed by atoms with Crippen LogP contribution in [-0.2, 0) is 13.1 Å². The molecule has 0 aliphatic rings. The Kier molecular flexibility index (Phi) is 4.87. The summed E-state index contributed by atoms with van der Waals surface area (Å²) in [7, 11) is 0. The van der Waals surface area contributed by atoms with Crippen molar-refractivity contribution in [1.82, 2.24) is 19.6 Å². The fourth-order valence-electron chi connectivity index (χ4n) is 2.19. The third-order valence-electron chi connectivity index (χ3n) is 3.41. The van der Waals surface area contributed by atoms with Crippen LogP contribution in [0.3, 0.4) is 0 Å². The lowest BCUT2D eigenvalue weighted by Gasteiger charge is -2.02. The summed E-state index contributed by atoms with van der Waals surface area (Å²) in [4.78, 5) is 12.2. The number of aryl methyl sites for hydroxylation is 1. The third kappa shape index (κ3) is 3.77. The van der Waals surface area contributed by atoms with E-state index in [9.17, 15) is 4.79 Å². The molecule has 1 N–H and O–H groups in total. The standard InChI is InChI=1S/C16H15Cl2N5O/c1-2-22-10-14(18)15(21-22)16(24)20-13-7-19-23(9-13)8-11-3-5-12(17)6-4-11/h3-7,9-10H,2,8H2,1H3,(H,20,24). The molecule has 0 unspecified atom stereocenters. The van der Waals surface area contributed by atoms with Crippen molar-refractivity contribution in [1.29, 1.82) is 0 Å². The Morgan fingerprint density at radius 2 is 1.92 bits per heavy atom. The first-order chi connectivity index (χ1) is 11.5. The number of carbonyl (C=O) groups excluding carboxylic acids is 1. The Morgan fingerprint density at radius 3 is 2.58 bits per heavy atom. The lowest BCUT2D eigenvalue weighted by atomic mass is 10.2. The summed E-state index contributed by atoms with van der Waals surface area (Å²) in [6.45, 7) is 3.15. The highest BCUT2D eigenvalue weighted by atomic mass is 35.5. The highest BCUT2D eigenvalue weighted by Gasteiger charge is 2.16. The monoisotopic (exact) mass is 363 g/mol. The number of hydrogen-bond donors (Lipinski definition) is 1. The van der Waals surface area contributed by atoms with Gasteiger partial charge in [-0.3, -0.25) is 14.2 Å². The minimum atomic E-state index is -0.363. The molecule has 0 saturated carbocycles. The minimum Gasteiger partial charge on any atom is -0.318 e.